The molecule has 0 aromatic heterocycles. The van der Waals surface area contributed by atoms with Crippen LogP contribution < -0.4 is 15.2 Å². The summed E-state index contributed by atoms with van der Waals surface area (Å²) in [6.07, 6.45) is 3.97. The summed E-state index contributed by atoms with van der Waals surface area (Å²) >= 11 is 0. The Morgan fingerprint density at radius 3 is 2.59 bits per heavy atom. The maximum atomic E-state index is 10.1. The number of phenols is 1. The Balaban J connectivity index is 2.14. The van der Waals surface area contributed by atoms with E-state index in [1.165, 1.54) is 0 Å². The number of rotatable bonds is 1. The molecule has 4 nitrogen and oxygen atoms in total. The van der Waals surface area contributed by atoms with Crippen LogP contribution >= 0.6 is 0 Å². The van der Waals surface area contributed by atoms with Crippen LogP contribution in [-0.4, -0.2) is 18.3 Å². The quantitative estimate of drug-likeness (QED) is 0.780. The van der Waals surface area contributed by atoms with Crippen LogP contribution in [0.4, 0.5) is 0 Å². The van der Waals surface area contributed by atoms with Crippen molar-refractivity contribution in [3.8, 4) is 17.2 Å². The Morgan fingerprint density at radius 2 is 1.82 bits per heavy atom. The van der Waals surface area contributed by atoms with Gasteiger partial charge in [-0.3, -0.25) is 0 Å². The Morgan fingerprint density at radius 1 is 1.12 bits per heavy atom. The second-order valence-electron chi connectivity index (χ2n) is 4.85. The van der Waals surface area contributed by atoms with Gasteiger partial charge < -0.3 is 20.3 Å². The lowest BCUT2D eigenvalue weighted by molar-refractivity contribution is 0.165. The molecule has 1 aliphatic heterocycles. The standard InChI is InChI=1S/C13H17NO3/c14-13(5-1-2-6-13)11-9(15)3-4-10-12(11)17-8-7-16-10/h3-4,15H,1-2,5-8,14H2. The van der Waals surface area contributed by atoms with Crippen LogP contribution in [0.2, 0.25) is 0 Å². The number of phenolic OH excluding ortho intramolecular Hbond substituents is 1. The van der Waals surface area contributed by atoms with Crippen molar-refractivity contribution in [1.29, 1.82) is 0 Å². The Labute approximate surface area is 100 Å². The van der Waals surface area contributed by atoms with Gasteiger partial charge in [-0.2, -0.15) is 0 Å². The number of hydrogen-bond acceptors (Lipinski definition) is 4. The molecular weight excluding hydrogens is 218 g/mol. The molecule has 0 spiro atoms. The Hall–Kier alpha value is -1.42. The normalized spacial score (nSPS) is 21.5. The number of ether oxygens (including phenoxy) is 2. The highest BCUT2D eigenvalue weighted by Gasteiger charge is 2.38. The van der Waals surface area contributed by atoms with Crippen LogP contribution in [0.1, 0.15) is 31.2 Å². The van der Waals surface area contributed by atoms with Gasteiger partial charge in [0, 0.05) is 5.54 Å². The largest absolute Gasteiger partial charge is 0.507 e. The smallest absolute Gasteiger partial charge is 0.170 e. The molecule has 0 saturated heterocycles. The van der Waals surface area contributed by atoms with Gasteiger partial charge in [-0.15, -0.1) is 0 Å². The summed E-state index contributed by atoms with van der Waals surface area (Å²) in [6.45, 7) is 1.06. The summed E-state index contributed by atoms with van der Waals surface area (Å²) in [5.41, 5.74) is 6.68. The predicted octanol–water partition coefficient (Wildman–Crippen LogP) is 1.89. The number of benzene rings is 1. The van der Waals surface area contributed by atoms with Crippen molar-refractivity contribution in [2.75, 3.05) is 13.2 Å². The van der Waals surface area contributed by atoms with Gasteiger partial charge in [0.25, 0.3) is 0 Å². The van der Waals surface area contributed by atoms with Gasteiger partial charge in [0.15, 0.2) is 11.5 Å². The molecule has 2 aliphatic rings. The van der Waals surface area contributed by atoms with Gasteiger partial charge in [0.2, 0.25) is 0 Å². The average molecular weight is 235 g/mol. The fraction of sp³-hybridized carbons (Fsp3) is 0.538. The van der Waals surface area contributed by atoms with E-state index in [0.29, 0.717) is 24.7 Å². The third kappa shape index (κ3) is 1.63. The summed E-state index contributed by atoms with van der Waals surface area (Å²) in [4.78, 5) is 0. The first-order valence-electron chi connectivity index (χ1n) is 6.12. The highest BCUT2D eigenvalue weighted by Crippen LogP contribution is 2.49. The maximum Gasteiger partial charge on any atom is 0.170 e. The molecule has 3 rings (SSSR count). The summed E-state index contributed by atoms with van der Waals surface area (Å²) in [7, 11) is 0. The molecule has 0 bridgehead atoms. The van der Waals surface area contributed by atoms with E-state index < -0.39 is 5.54 Å². The zero-order valence-electron chi connectivity index (χ0n) is 9.74. The molecule has 3 N–H and O–H groups in total. The van der Waals surface area contributed by atoms with E-state index in [1.54, 1.807) is 12.1 Å². The van der Waals surface area contributed by atoms with Crippen molar-refractivity contribution in [2.45, 2.75) is 31.2 Å². The lowest BCUT2D eigenvalue weighted by Crippen LogP contribution is -2.34. The van der Waals surface area contributed by atoms with Gasteiger partial charge in [0.1, 0.15) is 19.0 Å². The number of fused-ring (bicyclic) bond motifs is 1. The van der Waals surface area contributed by atoms with E-state index in [-0.39, 0.29) is 5.75 Å². The molecule has 4 heteroatoms. The molecule has 0 unspecified atom stereocenters. The van der Waals surface area contributed by atoms with Gasteiger partial charge in [-0.25, -0.2) is 0 Å². The molecule has 1 saturated carbocycles. The zero-order valence-corrected chi connectivity index (χ0v) is 9.74. The lowest BCUT2D eigenvalue weighted by Gasteiger charge is -2.30. The van der Waals surface area contributed by atoms with Gasteiger partial charge in [-0.05, 0) is 25.0 Å². The van der Waals surface area contributed by atoms with Crippen LogP contribution in [0.3, 0.4) is 0 Å². The molecule has 0 amide bonds. The summed E-state index contributed by atoms with van der Waals surface area (Å²) in [5.74, 6) is 1.56. The van der Waals surface area contributed by atoms with Crippen molar-refractivity contribution < 1.29 is 14.6 Å². The molecule has 17 heavy (non-hydrogen) atoms. The fourth-order valence-corrected chi connectivity index (χ4v) is 2.84. The number of aromatic hydroxyl groups is 1. The number of hydrogen-bond donors (Lipinski definition) is 2. The van der Waals surface area contributed by atoms with E-state index in [1.807, 2.05) is 0 Å². The first-order valence-corrected chi connectivity index (χ1v) is 6.12. The van der Waals surface area contributed by atoms with Crippen LogP contribution in [0.15, 0.2) is 12.1 Å². The van der Waals surface area contributed by atoms with E-state index in [9.17, 15) is 5.11 Å². The Kier molecular flexibility index (Phi) is 2.40. The molecule has 1 aromatic carbocycles. The molecular formula is C13H17NO3. The van der Waals surface area contributed by atoms with Crippen molar-refractivity contribution in [2.24, 2.45) is 5.73 Å². The van der Waals surface area contributed by atoms with Gasteiger partial charge in [-0.1, -0.05) is 12.8 Å². The highest BCUT2D eigenvalue weighted by molar-refractivity contribution is 5.57. The molecule has 0 atom stereocenters. The summed E-state index contributed by atoms with van der Waals surface area (Å²) in [5, 5.41) is 10.1. The monoisotopic (exact) mass is 235 g/mol. The van der Waals surface area contributed by atoms with Crippen LogP contribution in [0.25, 0.3) is 0 Å². The zero-order chi connectivity index (χ0) is 11.9. The molecule has 1 aromatic rings. The first-order chi connectivity index (χ1) is 8.21. The van der Waals surface area contributed by atoms with Gasteiger partial charge >= 0.3 is 0 Å². The molecule has 1 fully saturated rings. The Bertz CT molecular complexity index is 439. The molecule has 0 radical (unpaired) electrons. The second kappa shape index (κ2) is 3.81. The highest BCUT2D eigenvalue weighted by atomic mass is 16.6. The van der Waals surface area contributed by atoms with Crippen LogP contribution in [-0.2, 0) is 5.54 Å². The predicted molar refractivity (Wildman–Crippen MR) is 63.4 cm³/mol. The lowest BCUT2D eigenvalue weighted by atomic mass is 9.87. The summed E-state index contributed by atoms with van der Waals surface area (Å²) < 4.78 is 11.2. The fourth-order valence-electron chi connectivity index (χ4n) is 2.84. The average Bonchev–Trinajstić information content (AvgIpc) is 2.76. The van der Waals surface area contributed by atoms with E-state index >= 15 is 0 Å². The van der Waals surface area contributed by atoms with Crippen molar-refractivity contribution >= 4 is 0 Å². The maximum absolute atomic E-state index is 10.1. The summed E-state index contributed by atoms with van der Waals surface area (Å²) in [6, 6.07) is 3.39. The third-order valence-electron chi connectivity index (χ3n) is 3.68. The minimum absolute atomic E-state index is 0.221. The molecule has 92 valence electrons. The van der Waals surface area contributed by atoms with E-state index in [4.69, 9.17) is 15.2 Å². The van der Waals surface area contributed by atoms with Crippen molar-refractivity contribution in [1.82, 2.24) is 0 Å². The van der Waals surface area contributed by atoms with E-state index in [2.05, 4.69) is 0 Å². The second-order valence-corrected chi connectivity index (χ2v) is 4.85. The van der Waals surface area contributed by atoms with Crippen LogP contribution in [0, 0.1) is 0 Å². The third-order valence-corrected chi connectivity index (χ3v) is 3.68. The number of nitrogens with two attached hydrogens (primary N) is 1. The van der Waals surface area contributed by atoms with Crippen molar-refractivity contribution in [3.63, 3.8) is 0 Å². The minimum Gasteiger partial charge on any atom is -0.507 e. The van der Waals surface area contributed by atoms with E-state index in [0.717, 1.165) is 31.2 Å². The SMILES string of the molecule is NC1(c2c(O)ccc3c2OCCO3)CCCC1. The van der Waals surface area contributed by atoms with Gasteiger partial charge in [0.05, 0.1) is 5.56 Å². The van der Waals surface area contributed by atoms with Crippen LogP contribution in [0.5, 0.6) is 17.2 Å². The molecule has 1 aliphatic carbocycles. The molecule has 1 heterocycles. The minimum atomic E-state index is -0.462. The van der Waals surface area contributed by atoms with Crippen molar-refractivity contribution in [3.05, 3.63) is 17.7 Å². The topological polar surface area (TPSA) is 64.7 Å². The first kappa shape index (κ1) is 10.7.